The molecule has 2 amide bonds. The summed E-state index contributed by atoms with van der Waals surface area (Å²) in [5.74, 6) is 0.0455. The fraction of sp³-hybridized carbons (Fsp3) is 0.500. The van der Waals surface area contributed by atoms with E-state index in [0.717, 1.165) is 0 Å². The topological polar surface area (TPSA) is 61.9 Å². The van der Waals surface area contributed by atoms with Gasteiger partial charge in [-0.25, -0.2) is 4.79 Å². The third-order valence-electron chi connectivity index (χ3n) is 3.74. The smallest absolute Gasteiger partial charge is 0.409 e. The summed E-state index contributed by atoms with van der Waals surface area (Å²) in [6, 6.07) is 5.15. The maximum atomic E-state index is 12.2. The number of anilines is 1. The number of ether oxygens (including phenoxy) is 1. The summed E-state index contributed by atoms with van der Waals surface area (Å²) in [5, 5.41) is 4.27. The van der Waals surface area contributed by atoms with E-state index in [1.807, 2.05) is 0 Å². The predicted octanol–water partition coefficient (Wildman–Crippen LogP) is 3.10. The van der Waals surface area contributed by atoms with E-state index in [1.165, 1.54) is 0 Å². The Hall–Kier alpha value is -1.66. The Morgan fingerprint density at radius 1 is 1.17 bits per heavy atom. The molecule has 8 heteroatoms. The van der Waals surface area contributed by atoms with Gasteiger partial charge in [0.05, 0.1) is 17.3 Å². The van der Waals surface area contributed by atoms with Crippen LogP contribution >= 0.6 is 23.2 Å². The minimum Gasteiger partial charge on any atom is -0.450 e. The number of piperazine rings is 1. The van der Waals surface area contributed by atoms with Gasteiger partial charge >= 0.3 is 6.09 Å². The average molecular weight is 374 g/mol. The van der Waals surface area contributed by atoms with Gasteiger partial charge in [-0.15, -0.1) is 0 Å². The second-order valence-electron chi connectivity index (χ2n) is 5.37. The molecule has 1 N–H and O–H groups in total. The van der Waals surface area contributed by atoms with Crippen LogP contribution in [-0.2, 0) is 9.53 Å². The van der Waals surface area contributed by atoms with Gasteiger partial charge in [0.25, 0.3) is 0 Å². The Morgan fingerprint density at radius 3 is 2.50 bits per heavy atom. The normalized spacial score (nSPS) is 14.5. The van der Waals surface area contributed by atoms with Crippen LogP contribution in [0.25, 0.3) is 0 Å². The zero-order valence-corrected chi connectivity index (χ0v) is 15.1. The number of nitrogens with one attached hydrogen (secondary N) is 1. The molecule has 0 radical (unpaired) electrons. The molecule has 24 heavy (non-hydrogen) atoms. The third kappa shape index (κ3) is 5.18. The molecular formula is C16H21Cl2N3O3. The van der Waals surface area contributed by atoms with Crippen molar-refractivity contribution in [2.24, 2.45) is 0 Å². The summed E-state index contributed by atoms with van der Waals surface area (Å²) >= 11 is 12.0. The molecule has 0 spiro atoms. The lowest BCUT2D eigenvalue weighted by Crippen LogP contribution is -2.50. The van der Waals surface area contributed by atoms with Gasteiger partial charge in [0, 0.05) is 44.2 Å². The fourth-order valence-corrected chi connectivity index (χ4v) is 2.80. The number of hydrogen-bond acceptors (Lipinski definition) is 4. The molecule has 0 saturated carbocycles. The van der Waals surface area contributed by atoms with Crippen molar-refractivity contribution in [1.29, 1.82) is 0 Å². The lowest BCUT2D eigenvalue weighted by Gasteiger charge is -2.34. The van der Waals surface area contributed by atoms with Crippen LogP contribution in [0.3, 0.4) is 0 Å². The molecule has 132 valence electrons. The Balaban J connectivity index is 1.74. The number of halogens is 2. The molecule has 0 aliphatic carbocycles. The van der Waals surface area contributed by atoms with Gasteiger partial charge in [0.15, 0.2) is 0 Å². The SMILES string of the molecule is CCOC(=O)N1CCN(C(=O)CCNc2cc(Cl)ccc2Cl)CC1. The van der Waals surface area contributed by atoms with E-state index < -0.39 is 0 Å². The van der Waals surface area contributed by atoms with Crippen molar-refractivity contribution in [1.82, 2.24) is 9.80 Å². The number of amides is 2. The van der Waals surface area contributed by atoms with Crippen molar-refractivity contribution in [3.05, 3.63) is 28.2 Å². The fourth-order valence-electron chi connectivity index (χ4n) is 2.45. The van der Waals surface area contributed by atoms with E-state index in [0.29, 0.717) is 61.5 Å². The number of carbonyl (C=O) groups is 2. The van der Waals surface area contributed by atoms with Crippen molar-refractivity contribution in [2.45, 2.75) is 13.3 Å². The highest BCUT2D eigenvalue weighted by Gasteiger charge is 2.24. The number of carbonyl (C=O) groups excluding carboxylic acids is 2. The molecule has 1 heterocycles. The highest BCUT2D eigenvalue weighted by Crippen LogP contribution is 2.25. The van der Waals surface area contributed by atoms with Crippen LogP contribution in [0, 0.1) is 0 Å². The van der Waals surface area contributed by atoms with Crippen molar-refractivity contribution in [3.8, 4) is 0 Å². The van der Waals surface area contributed by atoms with E-state index in [1.54, 1.807) is 34.9 Å². The lowest BCUT2D eigenvalue weighted by atomic mass is 10.2. The van der Waals surface area contributed by atoms with Crippen LogP contribution in [0.1, 0.15) is 13.3 Å². The molecule has 0 aromatic heterocycles. The molecule has 1 aliphatic rings. The van der Waals surface area contributed by atoms with Crippen molar-refractivity contribution >= 4 is 40.9 Å². The lowest BCUT2D eigenvalue weighted by molar-refractivity contribution is -0.132. The minimum absolute atomic E-state index is 0.0455. The van der Waals surface area contributed by atoms with Gasteiger partial charge in [-0.2, -0.15) is 0 Å². The Morgan fingerprint density at radius 2 is 1.83 bits per heavy atom. The number of hydrogen-bond donors (Lipinski definition) is 1. The van der Waals surface area contributed by atoms with Crippen LogP contribution in [0.2, 0.25) is 10.0 Å². The first kappa shape index (κ1) is 18.7. The van der Waals surface area contributed by atoms with Gasteiger partial charge in [-0.3, -0.25) is 4.79 Å². The summed E-state index contributed by atoms with van der Waals surface area (Å²) in [6.07, 6.45) is 0.0317. The first-order valence-corrected chi connectivity index (χ1v) is 8.65. The van der Waals surface area contributed by atoms with Crippen LogP contribution in [0.5, 0.6) is 0 Å². The van der Waals surface area contributed by atoms with Crippen LogP contribution in [0.15, 0.2) is 18.2 Å². The van der Waals surface area contributed by atoms with E-state index in [4.69, 9.17) is 27.9 Å². The molecule has 0 unspecified atom stereocenters. The Bertz CT molecular complexity index is 590. The van der Waals surface area contributed by atoms with Crippen molar-refractivity contribution < 1.29 is 14.3 Å². The maximum Gasteiger partial charge on any atom is 0.409 e. The highest BCUT2D eigenvalue weighted by molar-refractivity contribution is 6.35. The summed E-state index contributed by atoms with van der Waals surface area (Å²) in [7, 11) is 0. The predicted molar refractivity (Wildman–Crippen MR) is 94.7 cm³/mol. The van der Waals surface area contributed by atoms with E-state index in [-0.39, 0.29) is 12.0 Å². The van der Waals surface area contributed by atoms with Gasteiger partial charge in [0.2, 0.25) is 5.91 Å². The number of nitrogens with zero attached hydrogens (tertiary/aromatic N) is 2. The van der Waals surface area contributed by atoms with Crippen molar-refractivity contribution in [3.63, 3.8) is 0 Å². The van der Waals surface area contributed by atoms with E-state index in [9.17, 15) is 9.59 Å². The van der Waals surface area contributed by atoms with Gasteiger partial charge < -0.3 is 19.9 Å². The van der Waals surface area contributed by atoms with Crippen molar-refractivity contribution in [2.75, 3.05) is 44.6 Å². The second-order valence-corrected chi connectivity index (χ2v) is 6.21. The quantitative estimate of drug-likeness (QED) is 0.861. The van der Waals surface area contributed by atoms with Crippen LogP contribution in [-0.4, -0.2) is 61.1 Å². The molecule has 0 atom stereocenters. The monoisotopic (exact) mass is 373 g/mol. The van der Waals surface area contributed by atoms with E-state index in [2.05, 4.69) is 5.32 Å². The number of benzene rings is 1. The largest absolute Gasteiger partial charge is 0.450 e. The first-order valence-electron chi connectivity index (χ1n) is 7.89. The van der Waals surface area contributed by atoms with Crippen LogP contribution < -0.4 is 5.32 Å². The molecule has 2 rings (SSSR count). The van der Waals surface area contributed by atoms with Gasteiger partial charge in [-0.1, -0.05) is 23.2 Å². The zero-order chi connectivity index (χ0) is 17.5. The van der Waals surface area contributed by atoms with Gasteiger partial charge in [0.1, 0.15) is 0 Å². The van der Waals surface area contributed by atoms with Gasteiger partial charge in [-0.05, 0) is 25.1 Å². The first-order chi connectivity index (χ1) is 11.5. The molecule has 1 aromatic rings. The molecule has 6 nitrogen and oxygen atoms in total. The number of rotatable bonds is 5. The Labute approximate surface area is 151 Å². The molecule has 1 aromatic carbocycles. The average Bonchev–Trinajstić information content (AvgIpc) is 2.58. The summed E-state index contributed by atoms with van der Waals surface area (Å²) in [6.45, 7) is 4.64. The molecule has 1 saturated heterocycles. The highest BCUT2D eigenvalue weighted by atomic mass is 35.5. The standard InChI is InChI=1S/C16H21Cl2N3O3/c1-2-24-16(23)21-9-7-20(8-10-21)15(22)5-6-19-14-11-12(17)3-4-13(14)18/h3-4,11,19H,2,5-10H2,1H3. The summed E-state index contributed by atoms with van der Waals surface area (Å²) in [4.78, 5) is 27.2. The summed E-state index contributed by atoms with van der Waals surface area (Å²) in [5.41, 5.74) is 0.712. The zero-order valence-electron chi connectivity index (χ0n) is 13.6. The van der Waals surface area contributed by atoms with E-state index >= 15 is 0 Å². The maximum absolute atomic E-state index is 12.2. The molecule has 1 aliphatic heterocycles. The summed E-state index contributed by atoms with van der Waals surface area (Å²) < 4.78 is 4.96. The molecule has 0 bridgehead atoms. The minimum atomic E-state index is -0.318. The van der Waals surface area contributed by atoms with Crippen LogP contribution in [0.4, 0.5) is 10.5 Å². The third-order valence-corrected chi connectivity index (χ3v) is 4.31. The molecule has 1 fully saturated rings. The molecular weight excluding hydrogens is 353 g/mol. The second kappa shape index (κ2) is 8.99. The Kier molecular flexibility index (Phi) is 6.99.